The number of nitrogens with zero attached hydrogens (tertiary/aromatic N) is 1. The predicted molar refractivity (Wildman–Crippen MR) is 78.2 cm³/mol. The second-order valence-electron chi connectivity index (χ2n) is 5.54. The number of carboxylic acid groups (broad SMARTS) is 1. The SMILES string of the molecule is Cc1ccccc1OCC(=O)N1CCCC(C)C1C(=O)O. The fraction of sp³-hybridized carbons (Fsp3) is 0.500. The van der Waals surface area contributed by atoms with Crippen molar-refractivity contribution in [3.05, 3.63) is 29.8 Å². The van der Waals surface area contributed by atoms with E-state index in [9.17, 15) is 14.7 Å². The molecule has 1 fully saturated rings. The van der Waals surface area contributed by atoms with Crippen LogP contribution < -0.4 is 4.74 Å². The predicted octanol–water partition coefficient (Wildman–Crippen LogP) is 2.09. The average Bonchev–Trinajstić information content (AvgIpc) is 2.45. The van der Waals surface area contributed by atoms with E-state index < -0.39 is 12.0 Å². The Balaban J connectivity index is 2.02. The Kier molecular flexibility index (Phi) is 4.83. The van der Waals surface area contributed by atoms with Crippen molar-refractivity contribution in [2.24, 2.45) is 5.92 Å². The summed E-state index contributed by atoms with van der Waals surface area (Å²) in [4.78, 5) is 25.1. The van der Waals surface area contributed by atoms with Gasteiger partial charge in [-0.2, -0.15) is 0 Å². The van der Waals surface area contributed by atoms with Crippen LogP contribution in [0.25, 0.3) is 0 Å². The minimum absolute atomic E-state index is 0.0290. The lowest BCUT2D eigenvalue weighted by Gasteiger charge is -2.37. The molecule has 5 heteroatoms. The molecule has 114 valence electrons. The number of hydrogen-bond donors (Lipinski definition) is 1. The number of para-hydroxylation sites is 1. The van der Waals surface area contributed by atoms with Crippen LogP contribution in [-0.4, -0.2) is 41.1 Å². The Hall–Kier alpha value is -2.04. The summed E-state index contributed by atoms with van der Waals surface area (Å²) in [6, 6.07) is 6.71. The highest BCUT2D eigenvalue weighted by molar-refractivity contribution is 5.85. The Bertz CT molecular complexity index is 529. The summed E-state index contributed by atoms with van der Waals surface area (Å²) < 4.78 is 5.53. The van der Waals surface area contributed by atoms with E-state index in [0.717, 1.165) is 18.4 Å². The van der Waals surface area contributed by atoms with Crippen molar-refractivity contribution < 1.29 is 19.4 Å². The Morgan fingerprint density at radius 1 is 1.38 bits per heavy atom. The Labute approximate surface area is 124 Å². The number of piperidine rings is 1. The molecule has 1 aliphatic rings. The summed E-state index contributed by atoms with van der Waals surface area (Å²) in [5, 5.41) is 9.32. The molecule has 0 saturated carbocycles. The van der Waals surface area contributed by atoms with Gasteiger partial charge in [0.15, 0.2) is 6.61 Å². The standard InChI is InChI=1S/C16H21NO4/c1-11-6-3-4-8-13(11)21-10-14(18)17-9-5-7-12(2)15(17)16(19)20/h3-4,6,8,12,15H,5,7,9-10H2,1-2H3,(H,19,20). The van der Waals surface area contributed by atoms with Crippen molar-refractivity contribution in [2.75, 3.05) is 13.2 Å². The molecular formula is C16H21NO4. The van der Waals surface area contributed by atoms with Gasteiger partial charge in [0.05, 0.1) is 0 Å². The number of carbonyl (C=O) groups is 2. The number of hydrogen-bond acceptors (Lipinski definition) is 3. The van der Waals surface area contributed by atoms with Crippen LogP contribution >= 0.6 is 0 Å². The molecule has 2 unspecified atom stereocenters. The fourth-order valence-corrected chi connectivity index (χ4v) is 2.79. The molecule has 1 saturated heterocycles. The third-order valence-electron chi connectivity index (χ3n) is 3.95. The molecule has 0 radical (unpaired) electrons. The van der Waals surface area contributed by atoms with Crippen molar-refractivity contribution in [1.82, 2.24) is 4.90 Å². The van der Waals surface area contributed by atoms with Gasteiger partial charge in [-0.25, -0.2) is 4.79 Å². The zero-order valence-corrected chi connectivity index (χ0v) is 12.4. The summed E-state index contributed by atoms with van der Waals surface area (Å²) >= 11 is 0. The molecule has 1 aromatic rings. The van der Waals surface area contributed by atoms with Crippen molar-refractivity contribution in [3.63, 3.8) is 0 Å². The first-order valence-corrected chi connectivity index (χ1v) is 7.21. The van der Waals surface area contributed by atoms with Crippen LogP contribution in [0, 0.1) is 12.8 Å². The number of benzene rings is 1. The van der Waals surface area contributed by atoms with Crippen LogP contribution in [0.1, 0.15) is 25.3 Å². The molecule has 2 atom stereocenters. The maximum Gasteiger partial charge on any atom is 0.326 e. The molecule has 2 rings (SSSR count). The molecule has 1 aliphatic heterocycles. The quantitative estimate of drug-likeness (QED) is 0.922. The number of likely N-dealkylation sites (tertiary alicyclic amines) is 1. The lowest BCUT2D eigenvalue weighted by molar-refractivity contribution is -0.155. The van der Waals surface area contributed by atoms with Gasteiger partial charge < -0.3 is 14.7 Å². The molecular weight excluding hydrogens is 270 g/mol. The van der Waals surface area contributed by atoms with Gasteiger partial charge in [0.2, 0.25) is 0 Å². The lowest BCUT2D eigenvalue weighted by atomic mass is 9.91. The highest BCUT2D eigenvalue weighted by Crippen LogP contribution is 2.24. The third-order valence-corrected chi connectivity index (χ3v) is 3.95. The monoisotopic (exact) mass is 291 g/mol. The maximum atomic E-state index is 12.3. The Morgan fingerprint density at radius 2 is 2.10 bits per heavy atom. The number of amides is 1. The molecule has 1 amide bonds. The normalized spacial score (nSPS) is 21.9. The largest absolute Gasteiger partial charge is 0.484 e. The van der Waals surface area contributed by atoms with E-state index in [-0.39, 0.29) is 18.4 Å². The lowest BCUT2D eigenvalue weighted by Crippen LogP contribution is -2.53. The van der Waals surface area contributed by atoms with E-state index >= 15 is 0 Å². The first kappa shape index (κ1) is 15.4. The highest BCUT2D eigenvalue weighted by Gasteiger charge is 2.37. The van der Waals surface area contributed by atoms with Crippen LogP contribution in [-0.2, 0) is 9.59 Å². The molecule has 0 aromatic heterocycles. The minimum atomic E-state index is -0.938. The second kappa shape index (κ2) is 6.61. The fourth-order valence-electron chi connectivity index (χ4n) is 2.79. The van der Waals surface area contributed by atoms with Gasteiger partial charge in [-0.3, -0.25) is 4.79 Å². The summed E-state index contributed by atoms with van der Waals surface area (Å²) in [6.07, 6.45) is 1.67. The zero-order valence-electron chi connectivity index (χ0n) is 12.4. The van der Waals surface area contributed by atoms with Crippen LogP contribution in [0.3, 0.4) is 0 Å². The van der Waals surface area contributed by atoms with Gasteiger partial charge in [-0.05, 0) is 37.3 Å². The van der Waals surface area contributed by atoms with Crippen LogP contribution in [0.2, 0.25) is 0 Å². The first-order chi connectivity index (χ1) is 10.0. The van der Waals surface area contributed by atoms with Crippen molar-refractivity contribution in [2.45, 2.75) is 32.7 Å². The highest BCUT2D eigenvalue weighted by atomic mass is 16.5. The summed E-state index contributed by atoms with van der Waals surface area (Å²) in [5.74, 6) is -0.579. The van der Waals surface area contributed by atoms with Gasteiger partial charge in [-0.15, -0.1) is 0 Å². The van der Waals surface area contributed by atoms with E-state index in [0.29, 0.717) is 12.3 Å². The van der Waals surface area contributed by atoms with E-state index in [1.54, 1.807) is 6.07 Å². The maximum absolute atomic E-state index is 12.3. The smallest absolute Gasteiger partial charge is 0.326 e. The second-order valence-corrected chi connectivity index (χ2v) is 5.54. The third kappa shape index (κ3) is 3.54. The molecule has 21 heavy (non-hydrogen) atoms. The van der Waals surface area contributed by atoms with Crippen LogP contribution in [0.5, 0.6) is 5.75 Å². The molecule has 0 aliphatic carbocycles. The van der Waals surface area contributed by atoms with E-state index in [4.69, 9.17) is 4.74 Å². The van der Waals surface area contributed by atoms with E-state index in [1.807, 2.05) is 32.0 Å². The molecule has 1 N–H and O–H groups in total. The summed E-state index contributed by atoms with van der Waals surface area (Å²) in [6.45, 7) is 4.14. The number of rotatable bonds is 4. The van der Waals surface area contributed by atoms with Gasteiger partial charge in [-0.1, -0.05) is 25.1 Å². The van der Waals surface area contributed by atoms with Gasteiger partial charge in [0, 0.05) is 6.54 Å². The van der Waals surface area contributed by atoms with Crippen LogP contribution in [0.15, 0.2) is 24.3 Å². The minimum Gasteiger partial charge on any atom is -0.484 e. The number of carboxylic acids is 1. The first-order valence-electron chi connectivity index (χ1n) is 7.21. The van der Waals surface area contributed by atoms with E-state index in [1.165, 1.54) is 4.90 Å². The number of aliphatic carboxylic acids is 1. The average molecular weight is 291 g/mol. The Morgan fingerprint density at radius 3 is 2.76 bits per heavy atom. The molecule has 5 nitrogen and oxygen atoms in total. The summed E-state index contributed by atoms with van der Waals surface area (Å²) in [7, 11) is 0. The number of carbonyl (C=O) groups excluding carboxylic acids is 1. The van der Waals surface area contributed by atoms with Crippen LogP contribution in [0.4, 0.5) is 0 Å². The molecule has 1 heterocycles. The number of aryl methyl sites for hydroxylation is 1. The zero-order chi connectivity index (χ0) is 15.4. The van der Waals surface area contributed by atoms with Gasteiger partial charge in [0.25, 0.3) is 5.91 Å². The van der Waals surface area contributed by atoms with Gasteiger partial charge in [0.1, 0.15) is 11.8 Å². The van der Waals surface area contributed by atoms with Crippen molar-refractivity contribution >= 4 is 11.9 Å². The topological polar surface area (TPSA) is 66.8 Å². The summed E-state index contributed by atoms with van der Waals surface area (Å²) in [5.41, 5.74) is 0.951. The van der Waals surface area contributed by atoms with Crippen molar-refractivity contribution in [3.8, 4) is 5.75 Å². The molecule has 0 spiro atoms. The van der Waals surface area contributed by atoms with E-state index in [2.05, 4.69) is 0 Å². The molecule has 1 aromatic carbocycles. The van der Waals surface area contributed by atoms with Gasteiger partial charge >= 0.3 is 5.97 Å². The van der Waals surface area contributed by atoms with Crippen molar-refractivity contribution in [1.29, 1.82) is 0 Å². The number of ether oxygens (including phenoxy) is 1. The molecule has 0 bridgehead atoms.